The van der Waals surface area contributed by atoms with Gasteiger partial charge in [-0.3, -0.25) is 0 Å². The fourth-order valence-electron chi connectivity index (χ4n) is 3.29. The van der Waals surface area contributed by atoms with E-state index in [0.717, 1.165) is 5.56 Å². The number of ether oxygens (including phenoxy) is 1. The van der Waals surface area contributed by atoms with Gasteiger partial charge in [-0.15, -0.1) is 11.8 Å². The number of esters is 1. The molecule has 2 aromatic rings. The molecule has 1 aliphatic rings. The van der Waals surface area contributed by atoms with Crippen LogP contribution in [0, 0.1) is 11.3 Å². The van der Waals surface area contributed by atoms with E-state index >= 15 is 0 Å². The highest BCUT2D eigenvalue weighted by atomic mass is 35.5. The first-order chi connectivity index (χ1) is 15.0. The Balaban J connectivity index is 2.05. The Kier molecular flexibility index (Phi) is 7.86. The Labute approximate surface area is 196 Å². The van der Waals surface area contributed by atoms with Crippen LogP contribution in [-0.2, 0) is 15.3 Å². The van der Waals surface area contributed by atoms with Gasteiger partial charge in [0.1, 0.15) is 6.61 Å². The maximum Gasteiger partial charge on any atom is 0.337 e. The van der Waals surface area contributed by atoms with Crippen molar-refractivity contribution in [2.45, 2.75) is 18.6 Å². The summed E-state index contributed by atoms with van der Waals surface area (Å²) in [6.45, 7) is 5.45. The lowest BCUT2D eigenvalue weighted by atomic mass is 9.82. The molecule has 0 amide bonds. The monoisotopic (exact) mass is 470 g/mol. The number of benzene rings is 2. The second-order valence-electron chi connectivity index (χ2n) is 6.74. The third-order valence-electron chi connectivity index (χ3n) is 4.75. The van der Waals surface area contributed by atoms with E-state index in [1.165, 1.54) is 17.8 Å². The van der Waals surface area contributed by atoms with Crippen LogP contribution in [-0.4, -0.2) is 12.6 Å². The van der Waals surface area contributed by atoms with Crippen LogP contribution in [0.2, 0.25) is 10.0 Å². The van der Waals surface area contributed by atoms with Crippen molar-refractivity contribution in [2.75, 3.05) is 6.61 Å². The molecule has 4 nitrogen and oxygen atoms in total. The van der Waals surface area contributed by atoms with Gasteiger partial charge in [-0.25, -0.2) is 4.79 Å². The van der Waals surface area contributed by atoms with E-state index in [2.05, 4.69) is 18.0 Å². The molecule has 0 fully saturated rings. The van der Waals surface area contributed by atoms with Gasteiger partial charge in [-0.1, -0.05) is 72.3 Å². The molecule has 0 aromatic heterocycles. The van der Waals surface area contributed by atoms with Crippen molar-refractivity contribution >= 4 is 40.9 Å². The minimum Gasteiger partial charge on any atom is -0.458 e. The highest BCUT2D eigenvalue weighted by Crippen LogP contribution is 2.43. The van der Waals surface area contributed by atoms with Gasteiger partial charge in [0.05, 0.1) is 28.2 Å². The van der Waals surface area contributed by atoms with Crippen molar-refractivity contribution in [3.05, 3.63) is 104 Å². The summed E-state index contributed by atoms with van der Waals surface area (Å²) < 4.78 is 5.31. The number of nitrogens with zero attached hydrogens (tertiary/aromatic N) is 1. The number of halogens is 2. The van der Waals surface area contributed by atoms with Gasteiger partial charge in [0.15, 0.2) is 0 Å². The maximum atomic E-state index is 12.9. The molecule has 0 saturated carbocycles. The first-order valence-corrected chi connectivity index (χ1v) is 11.2. The molecule has 0 saturated heterocycles. The largest absolute Gasteiger partial charge is 0.458 e. The molecule has 2 aromatic carbocycles. The molecule has 0 bridgehead atoms. The Morgan fingerprint density at radius 1 is 1.23 bits per heavy atom. The average molecular weight is 471 g/mol. The van der Waals surface area contributed by atoms with E-state index in [1.807, 2.05) is 42.5 Å². The van der Waals surface area contributed by atoms with Gasteiger partial charge in [-0.05, 0) is 30.2 Å². The van der Waals surface area contributed by atoms with Crippen molar-refractivity contribution in [1.29, 1.82) is 5.26 Å². The van der Waals surface area contributed by atoms with E-state index in [-0.39, 0.29) is 6.61 Å². The topological polar surface area (TPSA) is 62.1 Å². The summed E-state index contributed by atoms with van der Waals surface area (Å²) in [6, 6.07) is 17.0. The number of dihydropyridines is 1. The average Bonchev–Trinajstić information content (AvgIpc) is 2.76. The highest BCUT2D eigenvalue weighted by Gasteiger charge is 2.36. The zero-order chi connectivity index (χ0) is 22.4. The molecule has 1 aliphatic heterocycles. The quantitative estimate of drug-likeness (QED) is 0.377. The van der Waals surface area contributed by atoms with Crippen LogP contribution < -0.4 is 5.32 Å². The zero-order valence-corrected chi connectivity index (χ0v) is 19.2. The van der Waals surface area contributed by atoms with Gasteiger partial charge < -0.3 is 10.1 Å². The third kappa shape index (κ3) is 5.16. The van der Waals surface area contributed by atoms with Crippen LogP contribution in [0.25, 0.3) is 0 Å². The minimum atomic E-state index is -0.647. The lowest BCUT2D eigenvalue weighted by Gasteiger charge is -2.29. The fraction of sp³-hybridized carbons (Fsp3) is 0.167. The first kappa shape index (κ1) is 23.0. The molecule has 0 spiro atoms. The SMILES string of the molecule is C=CCOC(=O)C1=C(C)NC(SCc2ccccc2Cl)=C(C#N)[C@H]1c1ccccc1Cl. The van der Waals surface area contributed by atoms with Gasteiger partial charge in [0.25, 0.3) is 0 Å². The molecule has 1 heterocycles. The highest BCUT2D eigenvalue weighted by molar-refractivity contribution is 8.02. The van der Waals surface area contributed by atoms with E-state index in [0.29, 0.717) is 43.2 Å². The smallest absolute Gasteiger partial charge is 0.337 e. The predicted octanol–water partition coefficient (Wildman–Crippen LogP) is 6.35. The molecule has 0 unspecified atom stereocenters. The van der Waals surface area contributed by atoms with Crippen LogP contribution in [0.15, 0.2) is 83.1 Å². The number of hydrogen-bond donors (Lipinski definition) is 1. The molecule has 1 atom stereocenters. The first-order valence-electron chi connectivity index (χ1n) is 9.48. The summed E-state index contributed by atoms with van der Waals surface area (Å²) in [5, 5.41) is 15.1. The molecule has 7 heteroatoms. The van der Waals surface area contributed by atoms with E-state index in [9.17, 15) is 10.1 Å². The van der Waals surface area contributed by atoms with E-state index in [4.69, 9.17) is 27.9 Å². The van der Waals surface area contributed by atoms with Crippen LogP contribution >= 0.6 is 35.0 Å². The maximum absolute atomic E-state index is 12.9. The molecule has 158 valence electrons. The summed E-state index contributed by atoms with van der Waals surface area (Å²) >= 11 is 14.2. The zero-order valence-electron chi connectivity index (χ0n) is 16.8. The van der Waals surface area contributed by atoms with Gasteiger partial charge in [0, 0.05) is 21.5 Å². The van der Waals surface area contributed by atoms with Crippen molar-refractivity contribution < 1.29 is 9.53 Å². The summed E-state index contributed by atoms with van der Waals surface area (Å²) in [5.41, 5.74) is 2.99. The van der Waals surface area contributed by atoms with Crippen LogP contribution in [0.4, 0.5) is 0 Å². The predicted molar refractivity (Wildman–Crippen MR) is 127 cm³/mol. The van der Waals surface area contributed by atoms with Crippen LogP contribution in [0.5, 0.6) is 0 Å². The standard InChI is InChI=1S/C24H20Cl2N2O2S/c1-3-12-30-24(29)21-15(2)28-23(31-14-16-8-4-6-10-19(16)25)18(13-27)22(21)17-9-5-7-11-20(17)26/h3-11,22,28H,1,12,14H2,2H3/t22-/m1/s1. The minimum absolute atomic E-state index is 0.0740. The van der Waals surface area contributed by atoms with Gasteiger partial charge in [0.2, 0.25) is 0 Å². The molecule has 3 rings (SSSR count). The molecular weight excluding hydrogens is 451 g/mol. The van der Waals surface area contributed by atoms with Crippen LogP contribution in [0.3, 0.4) is 0 Å². The Hall–Kier alpha value is -2.65. The second kappa shape index (κ2) is 10.6. The van der Waals surface area contributed by atoms with Gasteiger partial charge in [-0.2, -0.15) is 5.26 Å². The lowest BCUT2D eigenvalue weighted by molar-refractivity contribution is -0.138. The molecule has 0 radical (unpaired) electrons. The number of carbonyl (C=O) groups excluding carboxylic acids is 1. The van der Waals surface area contributed by atoms with Crippen molar-refractivity contribution in [1.82, 2.24) is 5.32 Å². The lowest BCUT2D eigenvalue weighted by Crippen LogP contribution is -2.29. The fourth-order valence-corrected chi connectivity index (χ4v) is 4.92. The second-order valence-corrected chi connectivity index (χ2v) is 8.54. The molecular formula is C24H20Cl2N2O2S. The van der Waals surface area contributed by atoms with Gasteiger partial charge >= 0.3 is 5.97 Å². The van der Waals surface area contributed by atoms with E-state index < -0.39 is 11.9 Å². The van der Waals surface area contributed by atoms with Crippen LogP contribution in [0.1, 0.15) is 24.0 Å². The Morgan fingerprint density at radius 2 is 1.90 bits per heavy atom. The summed E-state index contributed by atoms with van der Waals surface area (Å²) in [7, 11) is 0. The summed E-state index contributed by atoms with van der Waals surface area (Å²) in [4.78, 5) is 12.9. The number of rotatable bonds is 7. The van der Waals surface area contributed by atoms with Crippen molar-refractivity contribution in [3.8, 4) is 6.07 Å². The van der Waals surface area contributed by atoms with Crippen molar-refractivity contribution in [3.63, 3.8) is 0 Å². The summed E-state index contributed by atoms with van der Waals surface area (Å²) in [5.74, 6) is -0.602. The number of nitriles is 1. The van der Waals surface area contributed by atoms with E-state index in [1.54, 1.807) is 13.0 Å². The number of hydrogen-bond acceptors (Lipinski definition) is 5. The number of allylic oxidation sites excluding steroid dienone is 2. The Morgan fingerprint density at radius 3 is 2.55 bits per heavy atom. The Bertz CT molecular complexity index is 1120. The number of carbonyl (C=O) groups is 1. The summed E-state index contributed by atoms with van der Waals surface area (Å²) in [6.07, 6.45) is 1.50. The molecule has 0 aliphatic carbocycles. The molecule has 1 N–H and O–H groups in total. The number of nitrogens with one attached hydrogen (secondary N) is 1. The number of thioether (sulfide) groups is 1. The molecule has 31 heavy (non-hydrogen) atoms. The normalized spacial score (nSPS) is 15.9. The van der Waals surface area contributed by atoms with Crippen molar-refractivity contribution in [2.24, 2.45) is 0 Å². The third-order valence-corrected chi connectivity index (χ3v) is 6.52.